The second kappa shape index (κ2) is 7.05. The van der Waals surface area contributed by atoms with Crippen molar-refractivity contribution >= 4 is 17.2 Å². The van der Waals surface area contributed by atoms with Gasteiger partial charge in [-0.25, -0.2) is 4.98 Å². The first-order chi connectivity index (χ1) is 10.5. The Bertz CT molecular complexity index is 672. The minimum Gasteiger partial charge on any atom is -0.351 e. The molecule has 0 aliphatic heterocycles. The number of thiazole rings is 1. The molecule has 1 amide bonds. The molecule has 0 fully saturated rings. The zero-order valence-electron chi connectivity index (χ0n) is 14.0. The first-order valence-corrected chi connectivity index (χ1v) is 8.56. The number of carbonyl (C=O) groups is 1. The van der Waals surface area contributed by atoms with E-state index < -0.39 is 0 Å². The maximum atomic E-state index is 12.3. The van der Waals surface area contributed by atoms with Crippen LogP contribution in [0.2, 0.25) is 0 Å². The van der Waals surface area contributed by atoms with Crippen LogP contribution in [0.15, 0.2) is 0 Å². The van der Waals surface area contributed by atoms with Crippen molar-refractivity contribution in [3.63, 3.8) is 0 Å². The van der Waals surface area contributed by atoms with E-state index in [1.54, 1.807) is 0 Å². The molecule has 2 heterocycles. The van der Waals surface area contributed by atoms with E-state index in [4.69, 9.17) is 0 Å². The Labute approximate surface area is 135 Å². The van der Waals surface area contributed by atoms with Gasteiger partial charge in [0.25, 0.3) is 5.91 Å². The van der Waals surface area contributed by atoms with Gasteiger partial charge in [-0.15, -0.1) is 11.3 Å². The zero-order chi connectivity index (χ0) is 16.3. The van der Waals surface area contributed by atoms with Gasteiger partial charge in [0.05, 0.1) is 16.4 Å². The lowest BCUT2D eigenvalue weighted by molar-refractivity contribution is 0.0957. The van der Waals surface area contributed by atoms with Crippen LogP contribution in [0.4, 0.5) is 0 Å². The third kappa shape index (κ3) is 3.38. The van der Waals surface area contributed by atoms with Crippen LogP contribution in [0, 0.1) is 20.8 Å². The predicted octanol–water partition coefficient (Wildman–Crippen LogP) is 2.82. The minimum atomic E-state index is -0.0205. The van der Waals surface area contributed by atoms with Crippen molar-refractivity contribution in [1.82, 2.24) is 20.1 Å². The van der Waals surface area contributed by atoms with E-state index in [2.05, 4.69) is 36.2 Å². The topological polar surface area (TPSA) is 59.8 Å². The van der Waals surface area contributed by atoms with Gasteiger partial charge in [-0.3, -0.25) is 9.48 Å². The molecule has 0 aliphatic carbocycles. The van der Waals surface area contributed by atoms with E-state index in [0.717, 1.165) is 40.7 Å². The maximum Gasteiger partial charge on any atom is 0.263 e. The Morgan fingerprint density at radius 1 is 1.23 bits per heavy atom. The van der Waals surface area contributed by atoms with E-state index in [-0.39, 0.29) is 5.91 Å². The Kier molecular flexibility index (Phi) is 5.34. The van der Waals surface area contributed by atoms with Crippen molar-refractivity contribution < 1.29 is 4.79 Å². The second-order valence-corrected chi connectivity index (χ2v) is 6.43. The van der Waals surface area contributed by atoms with Gasteiger partial charge in [-0.2, -0.15) is 5.10 Å². The number of nitrogens with one attached hydrogen (secondary N) is 1. The Morgan fingerprint density at radius 2 is 1.95 bits per heavy atom. The van der Waals surface area contributed by atoms with Crippen molar-refractivity contribution in [3.05, 3.63) is 32.5 Å². The number of nitrogens with zero attached hydrogens (tertiary/aromatic N) is 3. The highest BCUT2D eigenvalue weighted by Gasteiger charge is 2.15. The van der Waals surface area contributed by atoms with E-state index in [1.807, 2.05) is 18.5 Å². The summed E-state index contributed by atoms with van der Waals surface area (Å²) < 4.78 is 2.01. The summed E-state index contributed by atoms with van der Waals surface area (Å²) in [6.07, 6.45) is 1.68. The van der Waals surface area contributed by atoms with E-state index >= 15 is 0 Å². The Balaban J connectivity index is 1.97. The Morgan fingerprint density at radius 3 is 2.50 bits per heavy atom. The molecule has 0 aromatic carbocycles. The normalized spacial score (nSPS) is 11.0. The third-order valence-electron chi connectivity index (χ3n) is 3.84. The smallest absolute Gasteiger partial charge is 0.263 e. The Hall–Kier alpha value is -1.69. The monoisotopic (exact) mass is 320 g/mol. The van der Waals surface area contributed by atoms with Gasteiger partial charge >= 0.3 is 0 Å². The van der Waals surface area contributed by atoms with Crippen molar-refractivity contribution in [2.45, 2.75) is 54.0 Å². The molecule has 0 bridgehead atoms. The second-order valence-electron chi connectivity index (χ2n) is 5.35. The van der Waals surface area contributed by atoms with Crippen LogP contribution in [0.25, 0.3) is 0 Å². The van der Waals surface area contributed by atoms with E-state index in [1.165, 1.54) is 22.6 Å². The van der Waals surface area contributed by atoms with Gasteiger partial charge in [0.1, 0.15) is 4.88 Å². The van der Waals surface area contributed by atoms with Gasteiger partial charge < -0.3 is 5.32 Å². The summed E-state index contributed by atoms with van der Waals surface area (Å²) in [5.41, 5.74) is 4.30. The van der Waals surface area contributed by atoms with Crippen LogP contribution in [-0.4, -0.2) is 27.2 Å². The molecule has 0 radical (unpaired) electrons. The van der Waals surface area contributed by atoms with Crippen molar-refractivity contribution in [2.75, 3.05) is 6.54 Å². The van der Waals surface area contributed by atoms with Gasteiger partial charge in [0.15, 0.2) is 0 Å². The van der Waals surface area contributed by atoms with Crippen LogP contribution < -0.4 is 5.32 Å². The SMILES string of the molecule is CCc1nc(C)c(C(=O)NCCc2c(C)nn(CC)c2C)s1. The molecule has 2 rings (SSSR count). The summed E-state index contributed by atoms with van der Waals surface area (Å²) in [5.74, 6) is -0.0205. The number of amides is 1. The molecule has 0 spiro atoms. The molecule has 5 nitrogen and oxygen atoms in total. The molecule has 2 aromatic heterocycles. The highest BCUT2D eigenvalue weighted by Crippen LogP contribution is 2.18. The van der Waals surface area contributed by atoms with Gasteiger partial charge in [-0.05, 0) is 46.1 Å². The summed E-state index contributed by atoms with van der Waals surface area (Å²) in [6, 6.07) is 0. The summed E-state index contributed by atoms with van der Waals surface area (Å²) >= 11 is 1.49. The fourth-order valence-corrected chi connectivity index (χ4v) is 3.52. The van der Waals surface area contributed by atoms with E-state index in [0.29, 0.717) is 6.54 Å². The molecule has 1 N–H and O–H groups in total. The molecule has 0 saturated carbocycles. The fourth-order valence-electron chi connectivity index (χ4n) is 2.60. The molecule has 0 saturated heterocycles. The number of hydrogen-bond donors (Lipinski definition) is 1. The van der Waals surface area contributed by atoms with Crippen LogP contribution in [0.3, 0.4) is 0 Å². The molecule has 22 heavy (non-hydrogen) atoms. The lowest BCUT2D eigenvalue weighted by atomic mass is 10.1. The first kappa shape index (κ1) is 16.7. The lowest BCUT2D eigenvalue weighted by Crippen LogP contribution is -2.25. The molecule has 0 atom stereocenters. The van der Waals surface area contributed by atoms with Crippen molar-refractivity contribution in [2.24, 2.45) is 0 Å². The predicted molar refractivity (Wildman–Crippen MR) is 89.6 cm³/mol. The van der Waals surface area contributed by atoms with Gasteiger partial charge in [-0.1, -0.05) is 6.92 Å². The number of rotatable bonds is 6. The quantitative estimate of drug-likeness (QED) is 0.890. The van der Waals surface area contributed by atoms with Gasteiger partial charge in [0.2, 0.25) is 0 Å². The van der Waals surface area contributed by atoms with Crippen LogP contribution in [0.1, 0.15) is 51.2 Å². The summed E-state index contributed by atoms with van der Waals surface area (Å²) in [5, 5.41) is 8.52. The maximum absolute atomic E-state index is 12.3. The van der Waals surface area contributed by atoms with Gasteiger partial charge in [0, 0.05) is 18.8 Å². The summed E-state index contributed by atoms with van der Waals surface area (Å²) in [7, 11) is 0. The number of hydrogen-bond acceptors (Lipinski definition) is 4. The summed E-state index contributed by atoms with van der Waals surface area (Å²) in [6.45, 7) is 11.6. The first-order valence-electron chi connectivity index (χ1n) is 7.75. The highest BCUT2D eigenvalue weighted by atomic mass is 32.1. The van der Waals surface area contributed by atoms with Crippen molar-refractivity contribution in [1.29, 1.82) is 0 Å². The zero-order valence-corrected chi connectivity index (χ0v) is 14.8. The number of aryl methyl sites for hydroxylation is 4. The van der Waals surface area contributed by atoms with E-state index in [9.17, 15) is 4.79 Å². The van der Waals surface area contributed by atoms with Crippen LogP contribution >= 0.6 is 11.3 Å². The highest BCUT2D eigenvalue weighted by molar-refractivity contribution is 7.13. The molecular formula is C16H24N4OS. The molecule has 0 aliphatic rings. The van der Waals surface area contributed by atoms with Crippen molar-refractivity contribution in [3.8, 4) is 0 Å². The molecule has 120 valence electrons. The average molecular weight is 320 g/mol. The lowest BCUT2D eigenvalue weighted by Gasteiger charge is -2.05. The standard InChI is InChI=1S/C16H24N4OS/c1-6-14-18-11(4)15(22-14)16(21)17-9-8-13-10(3)19-20(7-2)12(13)5/h6-9H2,1-5H3,(H,17,21). The minimum absolute atomic E-state index is 0.0205. The molecule has 2 aromatic rings. The number of carbonyl (C=O) groups excluding carboxylic acids is 1. The molecular weight excluding hydrogens is 296 g/mol. The van der Waals surface area contributed by atoms with Crippen LogP contribution in [0.5, 0.6) is 0 Å². The third-order valence-corrected chi connectivity index (χ3v) is 5.14. The average Bonchev–Trinajstić information content (AvgIpc) is 3.00. The fraction of sp³-hybridized carbons (Fsp3) is 0.562. The molecule has 0 unspecified atom stereocenters. The summed E-state index contributed by atoms with van der Waals surface area (Å²) in [4.78, 5) is 17.4. The van der Waals surface area contributed by atoms with Crippen LogP contribution in [-0.2, 0) is 19.4 Å². The largest absolute Gasteiger partial charge is 0.351 e. The number of aromatic nitrogens is 3. The molecule has 6 heteroatoms.